The molecule has 1 aliphatic rings. The van der Waals surface area contributed by atoms with Crippen LogP contribution in [0.15, 0.2) is 41.3 Å². The number of nitrogens with zero attached hydrogens (tertiary/aromatic N) is 3. The van der Waals surface area contributed by atoms with E-state index in [0.717, 1.165) is 0 Å². The molecule has 2 heterocycles. The fourth-order valence-corrected chi connectivity index (χ4v) is 3.21. The van der Waals surface area contributed by atoms with Gasteiger partial charge in [0, 0.05) is 50.0 Å². The summed E-state index contributed by atoms with van der Waals surface area (Å²) >= 11 is 0. The van der Waals surface area contributed by atoms with Gasteiger partial charge in [-0.05, 0) is 19.1 Å². The van der Waals surface area contributed by atoms with Crippen molar-refractivity contribution in [3.8, 4) is 5.75 Å². The van der Waals surface area contributed by atoms with Gasteiger partial charge in [-0.1, -0.05) is 18.2 Å². The van der Waals surface area contributed by atoms with Crippen molar-refractivity contribution in [1.82, 2.24) is 14.4 Å². The predicted octanol–water partition coefficient (Wildman–Crippen LogP) is 2.02. The zero-order chi connectivity index (χ0) is 20.1. The Morgan fingerprint density at radius 3 is 2.50 bits per heavy atom. The van der Waals surface area contributed by atoms with Crippen molar-refractivity contribution < 1.29 is 19.0 Å². The number of aromatic nitrogens is 1. The van der Waals surface area contributed by atoms with Gasteiger partial charge in [-0.25, -0.2) is 9.18 Å². The SMILES string of the molecule is CCOC(=O)N1CCN(Cc2ccn(Cc3ccccc3F)c(=O)c2O)CC1. The molecule has 0 spiro atoms. The number of amides is 1. The summed E-state index contributed by atoms with van der Waals surface area (Å²) in [5.74, 6) is -0.718. The molecule has 28 heavy (non-hydrogen) atoms. The standard InChI is InChI=1S/C20H24FN3O4/c1-2-28-20(27)23-11-9-22(10-12-23)13-16-7-8-24(19(26)18(16)25)14-15-5-3-4-6-17(15)21/h3-8,25H,2,9-14H2,1H3. The number of aromatic hydroxyl groups is 1. The summed E-state index contributed by atoms with van der Waals surface area (Å²) < 4.78 is 20.1. The zero-order valence-electron chi connectivity index (χ0n) is 15.8. The minimum absolute atomic E-state index is 0.0531. The number of hydrogen-bond donors (Lipinski definition) is 1. The first-order valence-corrected chi connectivity index (χ1v) is 9.28. The van der Waals surface area contributed by atoms with Crippen LogP contribution in [-0.2, 0) is 17.8 Å². The molecule has 1 aromatic carbocycles. The molecule has 0 saturated carbocycles. The lowest BCUT2D eigenvalue weighted by Crippen LogP contribution is -2.48. The van der Waals surface area contributed by atoms with Crippen molar-refractivity contribution in [3.63, 3.8) is 0 Å². The highest BCUT2D eigenvalue weighted by Gasteiger charge is 2.23. The number of benzene rings is 1. The molecule has 0 bridgehead atoms. The Bertz CT molecular complexity index is 891. The van der Waals surface area contributed by atoms with E-state index < -0.39 is 11.4 Å². The van der Waals surface area contributed by atoms with Crippen LogP contribution in [0.2, 0.25) is 0 Å². The van der Waals surface area contributed by atoms with Crippen LogP contribution in [-0.4, -0.2) is 58.4 Å². The average Bonchev–Trinajstić information content (AvgIpc) is 2.70. The van der Waals surface area contributed by atoms with Gasteiger partial charge in [0.05, 0.1) is 13.2 Å². The quantitative estimate of drug-likeness (QED) is 0.847. The molecule has 150 valence electrons. The molecule has 1 aliphatic heterocycles. The molecule has 3 rings (SSSR count). The second-order valence-corrected chi connectivity index (χ2v) is 6.68. The third-order valence-corrected chi connectivity index (χ3v) is 4.81. The average molecular weight is 389 g/mol. The summed E-state index contributed by atoms with van der Waals surface area (Å²) in [4.78, 5) is 27.9. The highest BCUT2D eigenvalue weighted by atomic mass is 19.1. The highest BCUT2D eigenvalue weighted by molar-refractivity contribution is 5.67. The Hall–Kier alpha value is -2.87. The van der Waals surface area contributed by atoms with Crippen molar-refractivity contribution in [1.29, 1.82) is 0 Å². The first-order chi connectivity index (χ1) is 13.5. The van der Waals surface area contributed by atoms with Crippen LogP contribution in [0.4, 0.5) is 9.18 Å². The summed E-state index contributed by atoms with van der Waals surface area (Å²) in [6.07, 6.45) is 1.25. The Morgan fingerprint density at radius 2 is 1.82 bits per heavy atom. The third kappa shape index (κ3) is 4.51. The molecule has 2 aromatic rings. The van der Waals surface area contributed by atoms with Crippen LogP contribution in [0.1, 0.15) is 18.1 Å². The largest absolute Gasteiger partial charge is 0.503 e. The van der Waals surface area contributed by atoms with E-state index in [1.165, 1.54) is 10.6 Å². The number of pyridine rings is 1. The van der Waals surface area contributed by atoms with Crippen molar-refractivity contribution >= 4 is 6.09 Å². The van der Waals surface area contributed by atoms with Gasteiger partial charge in [-0.2, -0.15) is 0 Å². The second kappa shape index (κ2) is 8.88. The van der Waals surface area contributed by atoms with Crippen molar-refractivity contribution in [3.05, 3.63) is 63.8 Å². The van der Waals surface area contributed by atoms with Crippen molar-refractivity contribution in [2.45, 2.75) is 20.0 Å². The Labute approximate surface area is 162 Å². The van der Waals surface area contributed by atoms with Gasteiger partial charge in [0.15, 0.2) is 5.75 Å². The fourth-order valence-electron chi connectivity index (χ4n) is 3.21. The number of halogens is 1. The lowest BCUT2D eigenvalue weighted by atomic mass is 10.2. The van der Waals surface area contributed by atoms with Crippen LogP contribution in [0.25, 0.3) is 0 Å². The van der Waals surface area contributed by atoms with Gasteiger partial charge in [0.25, 0.3) is 5.56 Å². The van der Waals surface area contributed by atoms with Crippen molar-refractivity contribution in [2.24, 2.45) is 0 Å². The zero-order valence-corrected chi connectivity index (χ0v) is 15.8. The number of rotatable bonds is 5. The van der Waals surface area contributed by atoms with Gasteiger partial charge >= 0.3 is 6.09 Å². The second-order valence-electron chi connectivity index (χ2n) is 6.68. The summed E-state index contributed by atoms with van der Waals surface area (Å²) in [6.45, 7) is 4.87. The van der Waals surface area contributed by atoms with E-state index in [1.807, 2.05) is 0 Å². The lowest BCUT2D eigenvalue weighted by Gasteiger charge is -2.34. The third-order valence-electron chi connectivity index (χ3n) is 4.81. The van der Waals surface area contributed by atoms with Gasteiger partial charge in [-0.3, -0.25) is 9.69 Å². The van der Waals surface area contributed by atoms with E-state index in [-0.39, 0.29) is 18.4 Å². The summed E-state index contributed by atoms with van der Waals surface area (Å²) in [6, 6.07) is 7.91. The molecule has 0 atom stereocenters. The van der Waals surface area contributed by atoms with Crippen LogP contribution >= 0.6 is 0 Å². The molecule has 0 aliphatic carbocycles. The van der Waals surface area contributed by atoms with E-state index in [2.05, 4.69) is 4.90 Å². The first kappa shape index (κ1) is 19.9. The molecular formula is C20H24FN3O4. The minimum Gasteiger partial charge on any atom is -0.503 e. The lowest BCUT2D eigenvalue weighted by molar-refractivity contribution is 0.0776. The van der Waals surface area contributed by atoms with Gasteiger partial charge in [-0.15, -0.1) is 0 Å². The van der Waals surface area contributed by atoms with E-state index >= 15 is 0 Å². The molecule has 1 aromatic heterocycles. The number of carbonyl (C=O) groups is 1. The number of carbonyl (C=O) groups excluding carboxylic acids is 1. The monoisotopic (exact) mass is 389 g/mol. The van der Waals surface area contributed by atoms with Gasteiger partial charge in [0.2, 0.25) is 0 Å². The van der Waals surface area contributed by atoms with E-state index in [4.69, 9.17) is 4.74 Å². The Morgan fingerprint density at radius 1 is 1.11 bits per heavy atom. The maximum atomic E-state index is 13.8. The normalized spacial score (nSPS) is 14.9. The molecule has 0 unspecified atom stereocenters. The Balaban J connectivity index is 1.65. The van der Waals surface area contributed by atoms with Gasteiger partial charge < -0.3 is 19.3 Å². The van der Waals surface area contributed by atoms with Crippen molar-refractivity contribution in [2.75, 3.05) is 32.8 Å². The molecule has 8 heteroatoms. The summed E-state index contributed by atoms with van der Waals surface area (Å²) in [7, 11) is 0. The number of piperazine rings is 1. The molecule has 1 saturated heterocycles. The number of hydrogen-bond acceptors (Lipinski definition) is 5. The van der Waals surface area contributed by atoms with Crippen LogP contribution < -0.4 is 5.56 Å². The van der Waals surface area contributed by atoms with Crippen LogP contribution in [0.3, 0.4) is 0 Å². The van der Waals surface area contributed by atoms with E-state index in [0.29, 0.717) is 50.5 Å². The highest BCUT2D eigenvalue weighted by Crippen LogP contribution is 2.16. The minimum atomic E-state index is -0.550. The topological polar surface area (TPSA) is 75.0 Å². The van der Waals surface area contributed by atoms with Gasteiger partial charge in [0.1, 0.15) is 5.82 Å². The van der Waals surface area contributed by atoms with E-state index in [9.17, 15) is 19.1 Å². The van der Waals surface area contributed by atoms with Crippen LogP contribution in [0.5, 0.6) is 5.75 Å². The molecule has 1 amide bonds. The molecule has 1 N–H and O–H groups in total. The van der Waals surface area contributed by atoms with Crippen LogP contribution in [0, 0.1) is 5.82 Å². The summed E-state index contributed by atoms with van der Waals surface area (Å²) in [5, 5.41) is 10.3. The predicted molar refractivity (Wildman–Crippen MR) is 102 cm³/mol. The maximum Gasteiger partial charge on any atom is 0.409 e. The Kier molecular flexibility index (Phi) is 6.30. The number of ether oxygens (including phenoxy) is 1. The summed E-state index contributed by atoms with van der Waals surface area (Å²) in [5.41, 5.74) is 0.345. The van der Waals surface area contributed by atoms with E-state index in [1.54, 1.807) is 42.3 Å². The molecule has 1 fully saturated rings. The maximum absolute atomic E-state index is 13.8. The first-order valence-electron chi connectivity index (χ1n) is 9.28. The molecule has 7 nitrogen and oxygen atoms in total. The smallest absolute Gasteiger partial charge is 0.409 e. The fraction of sp³-hybridized carbons (Fsp3) is 0.400. The molecule has 0 radical (unpaired) electrons. The molecular weight excluding hydrogens is 365 g/mol.